The zero-order valence-electron chi connectivity index (χ0n) is 18.9. The van der Waals surface area contributed by atoms with E-state index in [4.69, 9.17) is 23.2 Å². The van der Waals surface area contributed by atoms with Gasteiger partial charge in [0.15, 0.2) is 0 Å². The number of carbonyl (C=O) groups is 2. The van der Waals surface area contributed by atoms with Gasteiger partial charge in [-0.15, -0.1) is 0 Å². The summed E-state index contributed by atoms with van der Waals surface area (Å²) in [4.78, 5) is 28.5. The standard InChI is InChI=1S/C26H32Cl2N2O2/c1-3-24(26(32)29-20-8-5-4-6-9-20)30(17-19-14-12-18(2)13-15-19)25(31)16-21-22(27)10-7-11-23(21)28/h7,10-15,20,24H,3-6,8-9,16-17H2,1-2H3,(H,29,32)/t24-/m1/s1. The number of nitrogens with one attached hydrogen (secondary N) is 1. The molecule has 1 aliphatic rings. The fraction of sp³-hybridized carbons (Fsp3) is 0.462. The number of amides is 2. The molecule has 0 bridgehead atoms. The lowest BCUT2D eigenvalue weighted by atomic mass is 9.95. The van der Waals surface area contributed by atoms with E-state index in [0.29, 0.717) is 28.6 Å². The molecule has 172 valence electrons. The van der Waals surface area contributed by atoms with E-state index in [9.17, 15) is 9.59 Å². The maximum atomic E-state index is 13.5. The maximum Gasteiger partial charge on any atom is 0.243 e. The van der Waals surface area contributed by atoms with Crippen LogP contribution in [0.2, 0.25) is 10.0 Å². The van der Waals surface area contributed by atoms with Crippen LogP contribution in [-0.2, 0) is 22.6 Å². The second-order valence-corrected chi connectivity index (χ2v) is 9.47. The Hall–Kier alpha value is -2.04. The average Bonchev–Trinajstić information content (AvgIpc) is 2.78. The van der Waals surface area contributed by atoms with E-state index in [2.05, 4.69) is 5.32 Å². The van der Waals surface area contributed by atoms with E-state index >= 15 is 0 Å². The summed E-state index contributed by atoms with van der Waals surface area (Å²) < 4.78 is 0. The van der Waals surface area contributed by atoms with Crippen molar-refractivity contribution in [3.05, 3.63) is 69.2 Å². The second-order valence-electron chi connectivity index (χ2n) is 8.65. The molecule has 0 aromatic heterocycles. The molecule has 3 rings (SSSR count). The van der Waals surface area contributed by atoms with Gasteiger partial charge in [-0.2, -0.15) is 0 Å². The zero-order chi connectivity index (χ0) is 23.1. The highest BCUT2D eigenvalue weighted by Crippen LogP contribution is 2.26. The summed E-state index contributed by atoms with van der Waals surface area (Å²) >= 11 is 12.7. The van der Waals surface area contributed by atoms with Crippen LogP contribution in [0.4, 0.5) is 0 Å². The topological polar surface area (TPSA) is 49.4 Å². The molecule has 0 spiro atoms. The zero-order valence-corrected chi connectivity index (χ0v) is 20.4. The van der Waals surface area contributed by atoms with E-state index in [1.54, 1.807) is 23.1 Å². The van der Waals surface area contributed by atoms with Gasteiger partial charge >= 0.3 is 0 Å². The van der Waals surface area contributed by atoms with Crippen LogP contribution in [-0.4, -0.2) is 28.8 Å². The van der Waals surface area contributed by atoms with Gasteiger partial charge in [0.1, 0.15) is 6.04 Å². The number of hydrogen-bond acceptors (Lipinski definition) is 2. The predicted molar refractivity (Wildman–Crippen MR) is 131 cm³/mol. The van der Waals surface area contributed by atoms with Crippen LogP contribution in [0.3, 0.4) is 0 Å². The fourth-order valence-corrected chi connectivity index (χ4v) is 4.84. The lowest BCUT2D eigenvalue weighted by Crippen LogP contribution is -2.52. The number of rotatable bonds is 8. The van der Waals surface area contributed by atoms with Crippen LogP contribution in [0.5, 0.6) is 0 Å². The predicted octanol–water partition coefficient (Wildman–Crippen LogP) is 6.10. The third-order valence-corrected chi connectivity index (χ3v) is 6.91. The highest BCUT2D eigenvalue weighted by atomic mass is 35.5. The largest absolute Gasteiger partial charge is 0.352 e. The summed E-state index contributed by atoms with van der Waals surface area (Å²) in [6.45, 7) is 4.33. The number of aryl methyl sites for hydroxylation is 1. The van der Waals surface area contributed by atoms with Crippen LogP contribution < -0.4 is 5.32 Å². The van der Waals surface area contributed by atoms with Crippen molar-refractivity contribution in [3.63, 3.8) is 0 Å². The first-order chi connectivity index (χ1) is 15.4. The summed E-state index contributed by atoms with van der Waals surface area (Å²) in [5.74, 6) is -0.240. The Bertz CT molecular complexity index is 904. The third-order valence-electron chi connectivity index (χ3n) is 6.20. The van der Waals surface area contributed by atoms with E-state index < -0.39 is 6.04 Å². The third kappa shape index (κ3) is 6.49. The van der Waals surface area contributed by atoms with Gasteiger partial charge in [-0.25, -0.2) is 0 Å². The fourth-order valence-electron chi connectivity index (χ4n) is 4.31. The monoisotopic (exact) mass is 474 g/mol. The molecule has 1 aliphatic carbocycles. The van der Waals surface area contributed by atoms with Gasteiger partial charge in [-0.1, -0.05) is 85.3 Å². The minimum Gasteiger partial charge on any atom is -0.352 e. The van der Waals surface area contributed by atoms with Crippen molar-refractivity contribution in [1.82, 2.24) is 10.2 Å². The minimum absolute atomic E-state index is 0.0532. The second kappa shape index (κ2) is 11.7. The first-order valence-electron chi connectivity index (χ1n) is 11.5. The number of carbonyl (C=O) groups excluding carboxylic acids is 2. The summed E-state index contributed by atoms with van der Waals surface area (Å²) in [5, 5.41) is 4.12. The van der Waals surface area contributed by atoms with Gasteiger partial charge in [0.2, 0.25) is 11.8 Å². The van der Waals surface area contributed by atoms with Crippen molar-refractivity contribution >= 4 is 35.0 Å². The molecule has 2 aromatic carbocycles. The Balaban J connectivity index is 1.84. The van der Waals surface area contributed by atoms with Gasteiger partial charge in [0, 0.05) is 22.6 Å². The molecule has 1 fully saturated rings. The first kappa shape index (κ1) is 24.6. The van der Waals surface area contributed by atoms with Crippen molar-refractivity contribution in [2.24, 2.45) is 0 Å². The van der Waals surface area contributed by atoms with Crippen LogP contribution in [0.25, 0.3) is 0 Å². The highest BCUT2D eigenvalue weighted by Gasteiger charge is 2.30. The molecule has 0 unspecified atom stereocenters. The Morgan fingerprint density at radius 1 is 1.03 bits per heavy atom. The van der Waals surface area contributed by atoms with E-state index in [1.165, 1.54) is 6.42 Å². The van der Waals surface area contributed by atoms with Crippen LogP contribution in [0.1, 0.15) is 62.1 Å². The van der Waals surface area contributed by atoms with Gasteiger partial charge in [0.25, 0.3) is 0 Å². The maximum absolute atomic E-state index is 13.5. The highest BCUT2D eigenvalue weighted by molar-refractivity contribution is 6.36. The van der Waals surface area contributed by atoms with Gasteiger partial charge in [-0.3, -0.25) is 9.59 Å². The van der Waals surface area contributed by atoms with Crippen molar-refractivity contribution in [2.45, 2.75) is 77.4 Å². The molecule has 0 heterocycles. The first-order valence-corrected chi connectivity index (χ1v) is 12.2. The number of halogens is 2. The SMILES string of the molecule is CC[C@H](C(=O)NC1CCCCC1)N(Cc1ccc(C)cc1)C(=O)Cc1c(Cl)cccc1Cl. The molecule has 0 aliphatic heterocycles. The van der Waals surface area contributed by atoms with Gasteiger partial charge in [-0.05, 0) is 49.4 Å². The summed E-state index contributed by atoms with van der Waals surface area (Å²) in [7, 11) is 0. The lowest BCUT2D eigenvalue weighted by Gasteiger charge is -2.33. The molecule has 2 aromatic rings. The molecule has 0 radical (unpaired) electrons. The molecule has 4 nitrogen and oxygen atoms in total. The lowest BCUT2D eigenvalue weighted by molar-refractivity contribution is -0.141. The Labute approximate surface area is 201 Å². The smallest absolute Gasteiger partial charge is 0.243 e. The Kier molecular flexibility index (Phi) is 9.01. The summed E-state index contributed by atoms with van der Waals surface area (Å²) in [6.07, 6.45) is 6.09. The molecular formula is C26H32Cl2N2O2. The number of hydrogen-bond donors (Lipinski definition) is 1. The summed E-state index contributed by atoms with van der Waals surface area (Å²) in [6, 6.07) is 12.9. The average molecular weight is 475 g/mol. The van der Waals surface area contributed by atoms with Crippen molar-refractivity contribution in [2.75, 3.05) is 0 Å². The van der Waals surface area contributed by atoms with E-state index in [-0.39, 0.29) is 24.3 Å². The molecule has 32 heavy (non-hydrogen) atoms. The number of nitrogens with zero attached hydrogens (tertiary/aromatic N) is 1. The van der Waals surface area contributed by atoms with Crippen molar-refractivity contribution in [1.29, 1.82) is 0 Å². The Morgan fingerprint density at radius 3 is 2.25 bits per heavy atom. The van der Waals surface area contributed by atoms with Crippen molar-refractivity contribution < 1.29 is 9.59 Å². The summed E-state index contributed by atoms with van der Waals surface area (Å²) in [5.41, 5.74) is 2.73. The Morgan fingerprint density at radius 2 is 1.66 bits per heavy atom. The molecule has 2 amide bonds. The van der Waals surface area contributed by atoms with Gasteiger partial charge < -0.3 is 10.2 Å². The molecule has 0 saturated heterocycles. The van der Waals surface area contributed by atoms with Gasteiger partial charge in [0.05, 0.1) is 6.42 Å². The molecule has 1 atom stereocenters. The van der Waals surface area contributed by atoms with Crippen LogP contribution in [0.15, 0.2) is 42.5 Å². The number of benzene rings is 2. The van der Waals surface area contributed by atoms with E-state index in [1.807, 2.05) is 38.1 Å². The van der Waals surface area contributed by atoms with Crippen LogP contribution in [0, 0.1) is 6.92 Å². The molecular weight excluding hydrogens is 443 g/mol. The molecule has 6 heteroatoms. The minimum atomic E-state index is -0.549. The molecule has 1 N–H and O–H groups in total. The van der Waals surface area contributed by atoms with E-state index in [0.717, 1.165) is 36.8 Å². The van der Waals surface area contributed by atoms with Crippen molar-refractivity contribution in [3.8, 4) is 0 Å². The normalized spacial score (nSPS) is 15.2. The van der Waals surface area contributed by atoms with Crippen LogP contribution >= 0.6 is 23.2 Å². The quantitative estimate of drug-likeness (QED) is 0.502. The molecule has 1 saturated carbocycles.